The van der Waals surface area contributed by atoms with Gasteiger partial charge in [0.25, 0.3) is 0 Å². The Labute approximate surface area is 121 Å². The lowest BCUT2D eigenvalue weighted by molar-refractivity contribution is 1.17. The van der Waals surface area contributed by atoms with Gasteiger partial charge in [-0.05, 0) is 42.2 Å². The van der Waals surface area contributed by atoms with E-state index in [0.29, 0.717) is 0 Å². The molecule has 5 heteroatoms. The van der Waals surface area contributed by atoms with Crippen LogP contribution < -0.4 is 0 Å². The molecule has 3 rings (SSSR count). The minimum Gasteiger partial charge on any atom is -0.261 e. The normalized spacial score (nSPS) is 11.6. The average molecular weight is 280 g/mol. The Kier molecular flexibility index (Phi) is 3.60. The third kappa shape index (κ3) is 2.78. The molecular weight excluding hydrogens is 268 g/mol. The van der Waals surface area contributed by atoms with Crippen molar-refractivity contribution >= 4 is 22.9 Å². The van der Waals surface area contributed by atoms with Gasteiger partial charge in [-0.25, -0.2) is 4.37 Å². The molecule has 3 aromatic rings. The van der Waals surface area contributed by atoms with Gasteiger partial charge in [0.15, 0.2) is 0 Å². The molecule has 0 atom stereocenters. The zero-order chi connectivity index (χ0) is 13.8. The van der Waals surface area contributed by atoms with E-state index in [1.54, 1.807) is 18.6 Å². The summed E-state index contributed by atoms with van der Waals surface area (Å²) in [6.45, 7) is 1.93. The predicted molar refractivity (Wildman–Crippen MR) is 81.5 cm³/mol. The Hall–Kier alpha value is -2.40. The quantitative estimate of drug-likeness (QED) is 0.687. The van der Waals surface area contributed by atoms with Gasteiger partial charge in [-0.2, -0.15) is 0 Å². The third-order valence-corrected chi connectivity index (χ3v) is 3.62. The summed E-state index contributed by atoms with van der Waals surface area (Å²) < 4.78 is 4.11. The van der Waals surface area contributed by atoms with Crippen LogP contribution in [0.2, 0.25) is 0 Å². The van der Waals surface area contributed by atoms with Crippen molar-refractivity contribution in [2.75, 3.05) is 0 Å². The van der Waals surface area contributed by atoms with E-state index in [1.807, 2.05) is 31.3 Å². The molecule has 2 heterocycles. The summed E-state index contributed by atoms with van der Waals surface area (Å²) >= 11 is 1.49. The second-order valence-corrected chi connectivity index (χ2v) is 5.04. The van der Waals surface area contributed by atoms with Crippen LogP contribution >= 0.6 is 11.5 Å². The highest BCUT2D eigenvalue weighted by Gasteiger charge is 2.01. The number of aliphatic imine (C=N–C) groups is 1. The summed E-state index contributed by atoms with van der Waals surface area (Å²) in [6, 6.07) is 10.1. The van der Waals surface area contributed by atoms with Crippen molar-refractivity contribution in [1.82, 2.24) is 14.3 Å². The zero-order valence-electron chi connectivity index (χ0n) is 10.9. The van der Waals surface area contributed by atoms with E-state index >= 15 is 0 Å². The minimum atomic E-state index is 0.791. The van der Waals surface area contributed by atoms with Crippen LogP contribution in [0.3, 0.4) is 0 Å². The highest BCUT2D eigenvalue weighted by Crippen LogP contribution is 2.25. The molecule has 0 saturated heterocycles. The molecule has 0 fully saturated rings. The molecule has 0 radical (unpaired) electrons. The monoisotopic (exact) mass is 280 g/mol. The maximum absolute atomic E-state index is 4.55. The summed E-state index contributed by atoms with van der Waals surface area (Å²) in [5, 5.41) is 0. The van der Waals surface area contributed by atoms with Crippen LogP contribution in [-0.2, 0) is 0 Å². The Morgan fingerprint density at radius 2 is 1.90 bits per heavy atom. The zero-order valence-corrected chi connectivity index (χ0v) is 11.7. The molecule has 98 valence electrons. The first-order chi connectivity index (χ1) is 9.83. The van der Waals surface area contributed by atoms with E-state index in [9.17, 15) is 0 Å². The molecule has 0 aliphatic carbocycles. The lowest BCUT2D eigenvalue weighted by Gasteiger charge is -2.01. The molecule has 0 unspecified atom stereocenters. The van der Waals surface area contributed by atoms with Crippen LogP contribution in [0.5, 0.6) is 0 Å². The van der Waals surface area contributed by atoms with Gasteiger partial charge in [0.2, 0.25) is 0 Å². The molecule has 1 aromatic carbocycles. The maximum Gasteiger partial charge on any atom is 0.102 e. The maximum atomic E-state index is 4.55. The molecule has 0 bridgehead atoms. The molecule has 0 N–H and O–H groups in total. The molecule has 20 heavy (non-hydrogen) atoms. The molecule has 0 saturated carbocycles. The van der Waals surface area contributed by atoms with Gasteiger partial charge in [0.1, 0.15) is 5.69 Å². The minimum absolute atomic E-state index is 0.791. The number of hydrogen-bond acceptors (Lipinski definition) is 5. The van der Waals surface area contributed by atoms with Gasteiger partial charge in [-0.15, -0.1) is 0 Å². The highest BCUT2D eigenvalue weighted by molar-refractivity contribution is 7.09. The van der Waals surface area contributed by atoms with Crippen LogP contribution in [0, 0.1) is 0 Å². The lowest BCUT2D eigenvalue weighted by atomic mass is 10.2. The third-order valence-electron chi connectivity index (χ3n) is 2.82. The van der Waals surface area contributed by atoms with Crippen molar-refractivity contribution in [2.24, 2.45) is 4.99 Å². The van der Waals surface area contributed by atoms with E-state index < -0.39 is 0 Å². The fourth-order valence-corrected chi connectivity index (χ4v) is 2.40. The topological polar surface area (TPSA) is 51.0 Å². The van der Waals surface area contributed by atoms with Crippen molar-refractivity contribution in [2.45, 2.75) is 6.92 Å². The predicted octanol–water partition coefficient (Wildman–Crippen LogP) is 3.74. The number of nitrogens with zero attached hydrogens (tertiary/aromatic N) is 4. The summed E-state index contributed by atoms with van der Waals surface area (Å²) in [4.78, 5) is 14.0. The van der Waals surface area contributed by atoms with Gasteiger partial charge < -0.3 is 0 Å². The van der Waals surface area contributed by atoms with E-state index in [0.717, 1.165) is 27.5 Å². The van der Waals surface area contributed by atoms with Crippen molar-refractivity contribution in [3.05, 3.63) is 60.8 Å². The van der Waals surface area contributed by atoms with Crippen LogP contribution in [-0.4, -0.2) is 20.1 Å². The number of rotatable bonds is 3. The average Bonchev–Trinajstić information content (AvgIpc) is 3.03. The second kappa shape index (κ2) is 5.71. The summed E-state index contributed by atoms with van der Waals surface area (Å²) in [5.74, 6) is 0. The molecular formula is C15H12N4S. The molecule has 4 nitrogen and oxygen atoms in total. The number of aromatic nitrogens is 3. The van der Waals surface area contributed by atoms with Crippen LogP contribution in [0.25, 0.3) is 10.4 Å². The first kappa shape index (κ1) is 12.6. The van der Waals surface area contributed by atoms with E-state index in [1.165, 1.54) is 11.5 Å². The smallest absolute Gasteiger partial charge is 0.102 e. The lowest BCUT2D eigenvalue weighted by Crippen LogP contribution is -1.97. The van der Waals surface area contributed by atoms with E-state index in [4.69, 9.17) is 0 Å². The highest BCUT2D eigenvalue weighted by atomic mass is 32.1. The van der Waals surface area contributed by atoms with Gasteiger partial charge >= 0.3 is 0 Å². The molecule has 0 aliphatic heterocycles. The fourth-order valence-electron chi connectivity index (χ4n) is 1.80. The van der Waals surface area contributed by atoms with E-state index in [-0.39, 0.29) is 0 Å². The first-order valence-electron chi connectivity index (χ1n) is 6.16. The molecule has 2 aromatic heterocycles. The van der Waals surface area contributed by atoms with Crippen LogP contribution in [0.4, 0.5) is 5.69 Å². The van der Waals surface area contributed by atoms with Gasteiger partial charge in [0, 0.05) is 18.6 Å². The van der Waals surface area contributed by atoms with Gasteiger partial charge in [0.05, 0.1) is 22.5 Å². The Morgan fingerprint density at radius 1 is 1.05 bits per heavy atom. The summed E-state index contributed by atoms with van der Waals surface area (Å²) in [5.41, 5.74) is 3.70. The Balaban J connectivity index is 1.85. The summed E-state index contributed by atoms with van der Waals surface area (Å²) in [7, 11) is 0. The van der Waals surface area contributed by atoms with Crippen molar-refractivity contribution in [3.8, 4) is 10.4 Å². The van der Waals surface area contributed by atoms with Crippen LogP contribution in [0.1, 0.15) is 12.6 Å². The standard InChI is InChI=1S/C15H12N4S/c1-11(14-10-16-8-9-17-14)19-13-4-2-12(3-5-13)15-6-7-18-20-15/h2-10H,1H3/b19-11+. The first-order valence-corrected chi connectivity index (χ1v) is 6.93. The van der Waals surface area contributed by atoms with E-state index in [2.05, 4.69) is 31.5 Å². The van der Waals surface area contributed by atoms with Crippen molar-refractivity contribution in [1.29, 1.82) is 0 Å². The van der Waals surface area contributed by atoms with Crippen molar-refractivity contribution < 1.29 is 0 Å². The Morgan fingerprint density at radius 3 is 2.55 bits per heavy atom. The van der Waals surface area contributed by atoms with Crippen molar-refractivity contribution in [3.63, 3.8) is 0 Å². The SMILES string of the molecule is C/C(=N\c1ccc(-c2ccns2)cc1)c1cnccn1. The Bertz CT molecular complexity index is 703. The van der Waals surface area contributed by atoms with Gasteiger partial charge in [-0.3, -0.25) is 15.0 Å². The second-order valence-electron chi connectivity index (χ2n) is 4.21. The fraction of sp³-hybridized carbons (Fsp3) is 0.0667. The molecule has 0 spiro atoms. The molecule has 0 aliphatic rings. The van der Waals surface area contributed by atoms with Crippen LogP contribution in [0.15, 0.2) is 60.1 Å². The van der Waals surface area contributed by atoms with Gasteiger partial charge in [-0.1, -0.05) is 12.1 Å². The largest absolute Gasteiger partial charge is 0.261 e. The summed E-state index contributed by atoms with van der Waals surface area (Å²) in [6.07, 6.45) is 6.84. The molecule has 0 amide bonds. The number of benzene rings is 1. The number of hydrogen-bond donors (Lipinski definition) is 0.